The number of halogens is 4. The largest absolute Gasteiger partial charge is 0.341 e. The molecule has 7 heteroatoms. The molecule has 0 saturated carbocycles. The topological polar surface area (TPSA) is 34.1 Å². The van der Waals surface area contributed by atoms with Gasteiger partial charge in [0.15, 0.2) is 0 Å². The van der Waals surface area contributed by atoms with Crippen molar-refractivity contribution in [1.29, 1.82) is 0 Å². The van der Waals surface area contributed by atoms with Gasteiger partial charge < -0.3 is 0 Å². The summed E-state index contributed by atoms with van der Waals surface area (Å²) < 4.78 is 47.3. The molecule has 0 radical (unpaired) electrons. The molecular weight excluding hydrogens is 346 g/mol. The fourth-order valence-corrected chi connectivity index (χ4v) is 2.28. The summed E-state index contributed by atoms with van der Waals surface area (Å²) >= 11 is 6.14. The van der Waals surface area contributed by atoms with Crippen LogP contribution in [-0.2, 0) is 9.84 Å². The Morgan fingerprint density at radius 1 is 1.14 bits per heavy atom. The smallest absolute Gasteiger partial charge is 0.218 e. The number of hydrogen-bond donors (Lipinski definition) is 0. The van der Waals surface area contributed by atoms with Gasteiger partial charge in [-0.3, -0.25) is 0 Å². The van der Waals surface area contributed by atoms with Crippen LogP contribution in [0.15, 0.2) is 32.0 Å². The molecule has 0 aliphatic rings. The maximum atomic E-state index is 12.1. The predicted octanol–water partition coefficient (Wildman–Crippen LogP) is 3.21. The summed E-state index contributed by atoms with van der Waals surface area (Å²) in [6.07, 6.45) is 0. The minimum Gasteiger partial charge on any atom is -0.218 e. The lowest BCUT2D eigenvalue weighted by atomic mass is 10.4. The third-order valence-corrected chi connectivity index (χ3v) is 4.71. The molecule has 0 bridgehead atoms. The quantitative estimate of drug-likeness (QED) is 0.821. The summed E-state index contributed by atoms with van der Waals surface area (Å²) in [5.74, 6) is -3.39. The summed E-state index contributed by atoms with van der Waals surface area (Å²) in [6, 6.07) is 3.64. The maximum absolute atomic E-state index is 12.1. The monoisotopic (exact) mass is 348 g/mol. The molecule has 0 heterocycles. The van der Waals surface area contributed by atoms with Gasteiger partial charge >= 0.3 is 5.76 Å². The molecule has 0 aliphatic carbocycles. The van der Waals surface area contributed by atoms with Gasteiger partial charge in [-0.15, -0.1) is 0 Å². The maximum Gasteiger partial charge on any atom is 0.341 e. The van der Waals surface area contributed by atoms with Crippen molar-refractivity contribution in [3.63, 3.8) is 0 Å². The SMILES string of the molecule is O=S(=O)(c1ccc(Br)c(Br)c1)C(F)F. The second-order valence-electron chi connectivity index (χ2n) is 2.38. The van der Waals surface area contributed by atoms with Crippen LogP contribution in [0.1, 0.15) is 0 Å². The highest BCUT2D eigenvalue weighted by atomic mass is 79.9. The second-order valence-corrected chi connectivity index (χ2v) is 6.01. The molecule has 0 aliphatic heterocycles. The molecule has 1 aromatic rings. The fraction of sp³-hybridized carbons (Fsp3) is 0.143. The Morgan fingerprint density at radius 3 is 2.14 bits per heavy atom. The van der Waals surface area contributed by atoms with Crippen LogP contribution in [0.3, 0.4) is 0 Å². The molecule has 0 amide bonds. The van der Waals surface area contributed by atoms with Crippen LogP contribution in [0.25, 0.3) is 0 Å². The Kier molecular flexibility index (Phi) is 3.65. The van der Waals surface area contributed by atoms with Crippen molar-refractivity contribution in [2.45, 2.75) is 10.7 Å². The van der Waals surface area contributed by atoms with Crippen LogP contribution in [0, 0.1) is 0 Å². The first-order valence-electron chi connectivity index (χ1n) is 3.33. The minimum absolute atomic E-state index is 0.400. The van der Waals surface area contributed by atoms with E-state index in [4.69, 9.17) is 0 Å². The normalized spacial score (nSPS) is 12.1. The van der Waals surface area contributed by atoms with Crippen molar-refractivity contribution < 1.29 is 17.2 Å². The van der Waals surface area contributed by atoms with E-state index >= 15 is 0 Å². The van der Waals surface area contributed by atoms with E-state index in [2.05, 4.69) is 31.9 Å². The van der Waals surface area contributed by atoms with Crippen LogP contribution < -0.4 is 0 Å². The van der Waals surface area contributed by atoms with Gasteiger partial charge in [0, 0.05) is 8.95 Å². The van der Waals surface area contributed by atoms with Crippen molar-refractivity contribution in [2.75, 3.05) is 0 Å². The highest BCUT2D eigenvalue weighted by Gasteiger charge is 2.26. The molecule has 0 spiro atoms. The average molecular weight is 350 g/mol. The Labute approximate surface area is 96.5 Å². The molecule has 1 aromatic carbocycles. The Morgan fingerprint density at radius 2 is 1.71 bits per heavy atom. The molecule has 0 N–H and O–H groups in total. The summed E-state index contributed by atoms with van der Waals surface area (Å²) in [7, 11) is -4.50. The Bertz CT molecular complexity index is 445. The molecule has 0 unspecified atom stereocenters. The van der Waals surface area contributed by atoms with Gasteiger partial charge in [0.05, 0.1) is 4.90 Å². The zero-order chi connectivity index (χ0) is 10.9. The summed E-state index contributed by atoms with van der Waals surface area (Å²) in [6.45, 7) is 0. The highest BCUT2D eigenvalue weighted by Crippen LogP contribution is 2.27. The number of benzene rings is 1. The molecule has 1 rings (SSSR count). The van der Waals surface area contributed by atoms with Crippen LogP contribution in [-0.4, -0.2) is 14.2 Å². The molecule has 14 heavy (non-hydrogen) atoms. The molecule has 2 nitrogen and oxygen atoms in total. The summed E-state index contributed by atoms with van der Waals surface area (Å²) in [5, 5.41) is 0. The van der Waals surface area contributed by atoms with E-state index in [1.54, 1.807) is 0 Å². The highest BCUT2D eigenvalue weighted by molar-refractivity contribution is 9.13. The first-order chi connectivity index (χ1) is 6.35. The Balaban J connectivity index is 3.29. The number of hydrogen-bond acceptors (Lipinski definition) is 2. The minimum atomic E-state index is -4.50. The van der Waals surface area contributed by atoms with E-state index in [0.717, 1.165) is 12.1 Å². The third-order valence-electron chi connectivity index (χ3n) is 1.45. The van der Waals surface area contributed by atoms with Crippen LogP contribution in [0.5, 0.6) is 0 Å². The Hall–Kier alpha value is -0.0100. The number of alkyl halides is 2. The standard InChI is InChI=1S/C7H4Br2F2O2S/c8-5-2-1-4(3-6(5)9)14(12,13)7(10)11/h1-3,7H. The first kappa shape index (κ1) is 12.1. The summed E-state index contributed by atoms with van der Waals surface area (Å²) in [4.78, 5) is -0.400. The molecule has 0 aromatic heterocycles. The van der Waals surface area contributed by atoms with Gasteiger partial charge in [0.25, 0.3) is 0 Å². The lowest BCUT2D eigenvalue weighted by molar-refractivity contribution is 0.234. The van der Waals surface area contributed by atoms with Gasteiger partial charge in [0.1, 0.15) is 0 Å². The van der Waals surface area contributed by atoms with E-state index < -0.39 is 20.5 Å². The number of rotatable bonds is 2. The molecule has 0 saturated heterocycles. The molecule has 0 fully saturated rings. The zero-order valence-corrected chi connectivity index (χ0v) is 10.5. The van der Waals surface area contributed by atoms with E-state index in [1.807, 2.05) is 0 Å². The van der Waals surface area contributed by atoms with Crippen LogP contribution in [0.4, 0.5) is 8.78 Å². The van der Waals surface area contributed by atoms with Gasteiger partial charge in [-0.25, -0.2) is 8.42 Å². The lowest BCUT2D eigenvalue weighted by Crippen LogP contribution is -2.11. The second kappa shape index (κ2) is 4.24. The predicted molar refractivity (Wildman–Crippen MR) is 55.0 cm³/mol. The van der Waals surface area contributed by atoms with E-state index in [-0.39, 0.29) is 0 Å². The van der Waals surface area contributed by atoms with Crippen molar-refractivity contribution in [1.82, 2.24) is 0 Å². The first-order valence-corrected chi connectivity index (χ1v) is 6.46. The van der Waals surface area contributed by atoms with Crippen molar-refractivity contribution >= 4 is 41.7 Å². The van der Waals surface area contributed by atoms with Crippen molar-refractivity contribution in [3.05, 3.63) is 27.1 Å². The van der Waals surface area contributed by atoms with Gasteiger partial charge in [-0.1, -0.05) is 0 Å². The average Bonchev–Trinajstić information content (AvgIpc) is 2.09. The van der Waals surface area contributed by atoms with E-state index in [1.165, 1.54) is 6.07 Å². The van der Waals surface area contributed by atoms with Gasteiger partial charge in [-0.2, -0.15) is 8.78 Å². The van der Waals surface area contributed by atoms with Crippen molar-refractivity contribution in [3.8, 4) is 0 Å². The molecule has 78 valence electrons. The van der Waals surface area contributed by atoms with Crippen LogP contribution in [0.2, 0.25) is 0 Å². The van der Waals surface area contributed by atoms with Gasteiger partial charge in [-0.05, 0) is 50.1 Å². The number of sulfone groups is 1. The van der Waals surface area contributed by atoms with E-state index in [0.29, 0.717) is 8.95 Å². The fourth-order valence-electron chi connectivity index (χ4n) is 0.757. The lowest BCUT2D eigenvalue weighted by Gasteiger charge is -2.03. The zero-order valence-electron chi connectivity index (χ0n) is 6.55. The van der Waals surface area contributed by atoms with Gasteiger partial charge in [0.2, 0.25) is 9.84 Å². The summed E-state index contributed by atoms with van der Waals surface area (Å²) in [5.41, 5.74) is 0. The molecule has 0 atom stereocenters. The third kappa shape index (κ3) is 2.32. The van der Waals surface area contributed by atoms with E-state index in [9.17, 15) is 17.2 Å². The van der Waals surface area contributed by atoms with Crippen molar-refractivity contribution in [2.24, 2.45) is 0 Å². The van der Waals surface area contributed by atoms with Crippen LogP contribution >= 0.6 is 31.9 Å². The molecular formula is C7H4Br2F2O2S.